The molecule has 0 heterocycles. The predicted molar refractivity (Wildman–Crippen MR) is 87.0 cm³/mol. The van der Waals surface area contributed by atoms with Gasteiger partial charge in [-0.05, 0) is 31.2 Å². The van der Waals surface area contributed by atoms with Crippen molar-refractivity contribution < 1.29 is 4.79 Å². The Hall–Kier alpha value is -1.35. The van der Waals surface area contributed by atoms with Gasteiger partial charge in [0.05, 0.1) is 6.04 Å². The second-order valence-corrected chi connectivity index (χ2v) is 6.23. The Labute approximate surface area is 128 Å². The molecule has 1 amide bonds. The van der Waals surface area contributed by atoms with Crippen molar-refractivity contribution in [2.24, 2.45) is 5.73 Å². The van der Waals surface area contributed by atoms with Crippen LogP contribution < -0.4 is 5.73 Å². The van der Waals surface area contributed by atoms with Gasteiger partial charge in [0.1, 0.15) is 0 Å². The van der Waals surface area contributed by atoms with Gasteiger partial charge in [0, 0.05) is 13.1 Å². The summed E-state index contributed by atoms with van der Waals surface area (Å²) in [4.78, 5) is 14.4. The fourth-order valence-electron chi connectivity index (χ4n) is 3.18. The van der Waals surface area contributed by atoms with Crippen LogP contribution in [0.3, 0.4) is 0 Å². The van der Waals surface area contributed by atoms with Crippen LogP contribution in [0.15, 0.2) is 30.3 Å². The van der Waals surface area contributed by atoms with E-state index >= 15 is 0 Å². The number of amides is 1. The second kappa shape index (κ2) is 8.18. The lowest BCUT2D eigenvalue weighted by atomic mass is 10.0. The molecule has 0 radical (unpaired) electrons. The lowest BCUT2D eigenvalue weighted by molar-refractivity contribution is -0.133. The summed E-state index contributed by atoms with van der Waals surface area (Å²) in [6.45, 7) is 0. The topological polar surface area (TPSA) is 46.3 Å². The lowest BCUT2D eigenvalue weighted by Gasteiger charge is -2.29. The summed E-state index contributed by atoms with van der Waals surface area (Å²) in [5.74, 6) is 0.109. The van der Waals surface area contributed by atoms with Crippen LogP contribution in [0, 0.1) is 0 Å². The van der Waals surface area contributed by atoms with Crippen molar-refractivity contribution in [3.63, 3.8) is 0 Å². The number of carbonyl (C=O) groups is 1. The van der Waals surface area contributed by atoms with Gasteiger partial charge in [0.2, 0.25) is 5.91 Å². The van der Waals surface area contributed by atoms with Crippen molar-refractivity contribution in [2.75, 3.05) is 7.05 Å². The number of likely N-dealkylation sites (N-methyl/N-ethyl adjacent to an activating group) is 1. The molecule has 1 fully saturated rings. The standard InChI is InChI=1S/C18H28N2O/c1-20(16-11-7-2-3-8-12-16)18(21)17(19)14-13-15-9-5-4-6-10-15/h4-6,9-10,16-17H,2-3,7-8,11-14,19H2,1H3/t17-/m0/s1. The molecule has 0 spiro atoms. The molecule has 3 nitrogen and oxygen atoms in total. The number of hydrogen-bond acceptors (Lipinski definition) is 2. The zero-order chi connectivity index (χ0) is 15.1. The molecule has 1 aliphatic rings. The molecule has 0 saturated heterocycles. The van der Waals surface area contributed by atoms with Crippen molar-refractivity contribution in [3.8, 4) is 0 Å². The van der Waals surface area contributed by atoms with Crippen LogP contribution >= 0.6 is 0 Å². The molecule has 116 valence electrons. The monoisotopic (exact) mass is 288 g/mol. The van der Waals surface area contributed by atoms with E-state index in [1.807, 2.05) is 30.1 Å². The van der Waals surface area contributed by atoms with Crippen LogP contribution in [-0.2, 0) is 11.2 Å². The van der Waals surface area contributed by atoms with Crippen LogP contribution in [-0.4, -0.2) is 29.9 Å². The second-order valence-electron chi connectivity index (χ2n) is 6.23. The van der Waals surface area contributed by atoms with Gasteiger partial charge in [0.25, 0.3) is 0 Å². The van der Waals surface area contributed by atoms with Gasteiger partial charge < -0.3 is 10.6 Å². The SMILES string of the molecule is CN(C(=O)[C@@H](N)CCc1ccccc1)C1CCCCCC1. The number of nitrogens with zero attached hydrogens (tertiary/aromatic N) is 1. The van der Waals surface area contributed by atoms with E-state index in [0.717, 1.165) is 25.7 Å². The molecule has 2 rings (SSSR count). The van der Waals surface area contributed by atoms with E-state index in [-0.39, 0.29) is 11.9 Å². The summed E-state index contributed by atoms with van der Waals surface area (Å²) in [7, 11) is 1.93. The van der Waals surface area contributed by atoms with Gasteiger partial charge in [-0.1, -0.05) is 56.0 Å². The molecule has 1 aliphatic carbocycles. The first-order valence-corrected chi connectivity index (χ1v) is 8.24. The summed E-state index contributed by atoms with van der Waals surface area (Å²) in [5, 5.41) is 0. The molecule has 3 heteroatoms. The Morgan fingerprint density at radius 3 is 2.43 bits per heavy atom. The molecule has 1 saturated carbocycles. The first-order chi connectivity index (χ1) is 10.2. The average Bonchev–Trinajstić information content (AvgIpc) is 2.81. The zero-order valence-electron chi connectivity index (χ0n) is 13.1. The number of aryl methyl sites for hydroxylation is 1. The van der Waals surface area contributed by atoms with Crippen LogP contribution in [0.4, 0.5) is 0 Å². The molecule has 0 unspecified atom stereocenters. The van der Waals surface area contributed by atoms with E-state index in [0.29, 0.717) is 6.04 Å². The fourth-order valence-corrected chi connectivity index (χ4v) is 3.18. The molecular weight excluding hydrogens is 260 g/mol. The number of benzene rings is 1. The highest BCUT2D eigenvalue weighted by Gasteiger charge is 2.24. The van der Waals surface area contributed by atoms with Crippen molar-refractivity contribution in [3.05, 3.63) is 35.9 Å². The molecular formula is C18H28N2O. The summed E-state index contributed by atoms with van der Waals surface area (Å²) in [6.07, 6.45) is 8.94. The van der Waals surface area contributed by atoms with E-state index in [1.165, 1.54) is 31.2 Å². The molecule has 2 N–H and O–H groups in total. The maximum absolute atomic E-state index is 12.5. The van der Waals surface area contributed by atoms with E-state index in [2.05, 4.69) is 12.1 Å². The Morgan fingerprint density at radius 1 is 1.19 bits per heavy atom. The Balaban J connectivity index is 1.83. The fraction of sp³-hybridized carbons (Fsp3) is 0.611. The van der Waals surface area contributed by atoms with E-state index in [4.69, 9.17) is 5.73 Å². The molecule has 21 heavy (non-hydrogen) atoms. The van der Waals surface area contributed by atoms with Gasteiger partial charge in [-0.2, -0.15) is 0 Å². The molecule has 0 bridgehead atoms. The number of carbonyl (C=O) groups excluding carboxylic acids is 1. The van der Waals surface area contributed by atoms with E-state index < -0.39 is 0 Å². The minimum absolute atomic E-state index is 0.109. The number of rotatable bonds is 5. The van der Waals surface area contributed by atoms with Gasteiger partial charge >= 0.3 is 0 Å². The third-order valence-electron chi connectivity index (χ3n) is 4.62. The maximum atomic E-state index is 12.5. The first-order valence-electron chi connectivity index (χ1n) is 8.24. The lowest BCUT2D eigenvalue weighted by Crippen LogP contribution is -2.46. The van der Waals surface area contributed by atoms with Crippen molar-refractivity contribution in [1.82, 2.24) is 4.90 Å². The van der Waals surface area contributed by atoms with Gasteiger partial charge in [0.15, 0.2) is 0 Å². The first kappa shape index (κ1) is 16.0. The quantitative estimate of drug-likeness (QED) is 0.846. The largest absolute Gasteiger partial charge is 0.341 e. The van der Waals surface area contributed by atoms with Crippen LogP contribution in [0.2, 0.25) is 0 Å². The Bertz CT molecular complexity index is 424. The van der Waals surface area contributed by atoms with Crippen molar-refractivity contribution in [1.29, 1.82) is 0 Å². The van der Waals surface area contributed by atoms with Gasteiger partial charge in [-0.25, -0.2) is 0 Å². The zero-order valence-corrected chi connectivity index (χ0v) is 13.1. The number of nitrogens with two attached hydrogens (primary N) is 1. The molecule has 1 atom stereocenters. The predicted octanol–water partition coefficient (Wildman–Crippen LogP) is 3.13. The highest BCUT2D eigenvalue weighted by molar-refractivity contribution is 5.81. The minimum atomic E-state index is -0.376. The van der Waals surface area contributed by atoms with Gasteiger partial charge in [-0.3, -0.25) is 4.79 Å². The van der Waals surface area contributed by atoms with Crippen molar-refractivity contribution in [2.45, 2.75) is 63.5 Å². The molecule has 0 aliphatic heterocycles. The summed E-state index contributed by atoms with van der Waals surface area (Å²) in [5.41, 5.74) is 7.37. The molecule has 1 aromatic rings. The molecule has 1 aromatic carbocycles. The van der Waals surface area contributed by atoms with Crippen LogP contribution in [0.1, 0.15) is 50.5 Å². The van der Waals surface area contributed by atoms with E-state index in [9.17, 15) is 4.79 Å². The summed E-state index contributed by atoms with van der Waals surface area (Å²) in [6, 6.07) is 10.3. The minimum Gasteiger partial charge on any atom is -0.341 e. The third-order valence-corrected chi connectivity index (χ3v) is 4.62. The summed E-state index contributed by atoms with van der Waals surface area (Å²) < 4.78 is 0. The highest BCUT2D eigenvalue weighted by Crippen LogP contribution is 2.21. The van der Waals surface area contributed by atoms with E-state index in [1.54, 1.807) is 0 Å². The van der Waals surface area contributed by atoms with Crippen LogP contribution in [0.25, 0.3) is 0 Å². The third kappa shape index (κ3) is 4.85. The van der Waals surface area contributed by atoms with Crippen LogP contribution in [0.5, 0.6) is 0 Å². The number of hydrogen-bond donors (Lipinski definition) is 1. The Kier molecular flexibility index (Phi) is 6.24. The van der Waals surface area contributed by atoms with Crippen molar-refractivity contribution >= 4 is 5.91 Å². The average molecular weight is 288 g/mol. The van der Waals surface area contributed by atoms with Gasteiger partial charge in [-0.15, -0.1) is 0 Å². The normalized spacial score (nSPS) is 18.0. The maximum Gasteiger partial charge on any atom is 0.239 e. The molecule has 0 aromatic heterocycles. The smallest absolute Gasteiger partial charge is 0.239 e. The highest BCUT2D eigenvalue weighted by atomic mass is 16.2. The Morgan fingerprint density at radius 2 is 1.81 bits per heavy atom. The summed E-state index contributed by atoms with van der Waals surface area (Å²) >= 11 is 0.